The number of nitrogens with one attached hydrogen (secondary N) is 1. The van der Waals surface area contributed by atoms with Gasteiger partial charge < -0.3 is 10.1 Å². The number of ether oxygens (including phenoxy) is 1. The topological polar surface area (TPSA) is 75.7 Å². The standard InChI is InChI=1S/C14H19ClN2O4S/c1-16-11-5-7-17(8-6-11)22(19,20)13-4-3-10(9-12(13)15)14(18)21-2/h3-4,9,11,16H,5-8H2,1-2H3. The molecule has 1 saturated heterocycles. The fourth-order valence-corrected chi connectivity index (χ4v) is 4.47. The molecule has 0 spiro atoms. The van der Waals surface area contributed by atoms with Gasteiger partial charge in [0.2, 0.25) is 10.0 Å². The predicted molar refractivity (Wildman–Crippen MR) is 83.6 cm³/mol. The number of halogens is 1. The Bertz CT molecular complexity index is 655. The summed E-state index contributed by atoms with van der Waals surface area (Å²) in [6.07, 6.45) is 1.52. The first-order chi connectivity index (χ1) is 10.4. The Balaban J connectivity index is 2.25. The van der Waals surface area contributed by atoms with Crippen LogP contribution in [-0.2, 0) is 14.8 Å². The van der Waals surface area contributed by atoms with E-state index in [1.54, 1.807) is 0 Å². The number of rotatable bonds is 4. The van der Waals surface area contributed by atoms with Gasteiger partial charge in [0, 0.05) is 19.1 Å². The van der Waals surface area contributed by atoms with Crippen LogP contribution >= 0.6 is 11.6 Å². The summed E-state index contributed by atoms with van der Waals surface area (Å²) in [4.78, 5) is 11.5. The molecule has 0 bridgehead atoms. The maximum Gasteiger partial charge on any atom is 0.337 e. The van der Waals surface area contributed by atoms with Crippen molar-refractivity contribution in [3.8, 4) is 0 Å². The average molecular weight is 347 g/mol. The zero-order chi connectivity index (χ0) is 16.3. The number of nitrogens with zero attached hydrogens (tertiary/aromatic N) is 1. The van der Waals surface area contributed by atoms with Crippen molar-refractivity contribution in [3.05, 3.63) is 28.8 Å². The van der Waals surface area contributed by atoms with Gasteiger partial charge in [-0.25, -0.2) is 13.2 Å². The molecule has 2 rings (SSSR count). The summed E-state index contributed by atoms with van der Waals surface area (Å²) in [6, 6.07) is 4.42. The van der Waals surface area contributed by atoms with Crippen molar-refractivity contribution >= 4 is 27.6 Å². The number of hydrogen-bond acceptors (Lipinski definition) is 5. The molecule has 0 amide bonds. The van der Waals surface area contributed by atoms with Crippen LogP contribution in [0.25, 0.3) is 0 Å². The Morgan fingerprint density at radius 3 is 2.50 bits per heavy atom. The van der Waals surface area contributed by atoms with Crippen LogP contribution in [0, 0.1) is 0 Å². The van der Waals surface area contributed by atoms with E-state index >= 15 is 0 Å². The normalized spacial score (nSPS) is 17.4. The first kappa shape index (κ1) is 17.2. The van der Waals surface area contributed by atoms with Crippen LogP contribution in [0.2, 0.25) is 5.02 Å². The third-order valence-electron chi connectivity index (χ3n) is 3.83. The minimum absolute atomic E-state index is 0.0183. The van der Waals surface area contributed by atoms with Crippen molar-refractivity contribution < 1.29 is 17.9 Å². The van der Waals surface area contributed by atoms with Crippen molar-refractivity contribution in [3.63, 3.8) is 0 Å². The summed E-state index contributed by atoms with van der Waals surface area (Å²) in [5.41, 5.74) is 0.223. The molecular weight excluding hydrogens is 328 g/mol. The van der Waals surface area contributed by atoms with Gasteiger partial charge in [-0.1, -0.05) is 11.6 Å². The average Bonchev–Trinajstić information content (AvgIpc) is 2.53. The molecule has 1 heterocycles. The summed E-state index contributed by atoms with van der Waals surface area (Å²) in [6.45, 7) is 0.895. The van der Waals surface area contributed by atoms with Crippen LogP contribution in [0.4, 0.5) is 0 Å². The van der Waals surface area contributed by atoms with Crippen LogP contribution in [0.3, 0.4) is 0 Å². The number of esters is 1. The van der Waals surface area contributed by atoms with Crippen LogP contribution < -0.4 is 5.32 Å². The van der Waals surface area contributed by atoms with Crippen molar-refractivity contribution in [2.45, 2.75) is 23.8 Å². The highest BCUT2D eigenvalue weighted by molar-refractivity contribution is 7.89. The van der Waals surface area contributed by atoms with E-state index in [4.69, 9.17) is 11.6 Å². The van der Waals surface area contributed by atoms with Gasteiger partial charge in [0.1, 0.15) is 4.90 Å². The lowest BCUT2D eigenvalue weighted by molar-refractivity contribution is 0.0600. The quantitative estimate of drug-likeness (QED) is 0.836. The second-order valence-electron chi connectivity index (χ2n) is 5.10. The molecule has 0 aromatic heterocycles. The van der Waals surface area contributed by atoms with Gasteiger partial charge in [-0.05, 0) is 38.1 Å². The number of piperidine rings is 1. The number of sulfonamides is 1. The Hall–Kier alpha value is -1.15. The number of hydrogen-bond donors (Lipinski definition) is 1. The van der Waals surface area contributed by atoms with Crippen LogP contribution in [0.15, 0.2) is 23.1 Å². The minimum atomic E-state index is -3.65. The third kappa shape index (κ3) is 3.43. The second kappa shape index (κ2) is 6.95. The Labute approximate surface area is 135 Å². The molecule has 6 nitrogen and oxygen atoms in total. The van der Waals surface area contributed by atoms with E-state index in [1.807, 2.05) is 7.05 Å². The fraction of sp³-hybridized carbons (Fsp3) is 0.500. The molecule has 0 atom stereocenters. The van der Waals surface area contributed by atoms with E-state index in [0.717, 1.165) is 12.8 Å². The first-order valence-corrected chi connectivity index (χ1v) is 8.77. The van der Waals surface area contributed by atoms with Gasteiger partial charge in [0.15, 0.2) is 0 Å². The molecule has 0 saturated carbocycles. The molecule has 8 heteroatoms. The van der Waals surface area contributed by atoms with Crippen molar-refractivity contribution in [2.24, 2.45) is 0 Å². The van der Waals surface area contributed by atoms with Gasteiger partial charge >= 0.3 is 5.97 Å². The molecule has 1 aromatic carbocycles. The smallest absolute Gasteiger partial charge is 0.337 e. The Morgan fingerprint density at radius 2 is 2.00 bits per heavy atom. The summed E-state index contributed by atoms with van der Waals surface area (Å²) >= 11 is 6.06. The van der Waals surface area contributed by atoms with Crippen LogP contribution in [-0.4, -0.2) is 52.0 Å². The molecule has 1 aliphatic rings. The van der Waals surface area contributed by atoms with Gasteiger partial charge in [-0.3, -0.25) is 0 Å². The molecule has 0 unspecified atom stereocenters. The summed E-state index contributed by atoms with van der Waals surface area (Å²) in [5, 5.41) is 3.18. The number of carbonyl (C=O) groups excluding carboxylic acids is 1. The van der Waals surface area contributed by atoms with Crippen LogP contribution in [0.1, 0.15) is 23.2 Å². The maximum absolute atomic E-state index is 12.7. The summed E-state index contributed by atoms with van der Waals surface area (Å²) in [7, 11) is -0.523. The molecule has 1 fully saturated rings. The third-order valence-corrected chi connectivity index (χ3v) is 6.21. The summed E-state index contributed by atoms with van der Waals surface area (Å²) in [5.74, 6) is -0.555. The lowest BCUT2D eigenvalue weighted by Crippen LogP contribution is -2.43. The lowest BCUT2D eigenvalue weighted by atomic mass is 10.1. The fourth-order valence-electron chi connectivity index (χ4n) is 2.48. The van der Waals surface area contributed by atoms with Gasteiger partial charge in [0.05, 0.1) is 17.7 Å². The Morgan fingerprint density at radius 1 is 1.36 bits per heavy atom. The molecule has 1 aliphatic heterocycles. The number of carbonyl (C=O) groups is 1. The van der Waals surface area contributed by atoms with Gasteiger partial charge in [0.25, 0.3) is 0 Å². The highest BCUT2D eigenvalue weighted by Gasteiger charge is 2.30. The van der Waals surface area contributed by atoms with E-state index < -0.39 is 16.0 Å². The molecule has 122 valence electrons. The molecule has 0 radical (unpaired) electrons. The van der Waals surface area contributed by atoms with Crippen LogP contribution in [0.5, 0.6) is 0 Å². The lowest BCUT2D eigenvalue weighted by Gasteiger charge is -2.31. The monoisotopic (exact) mass is 346 g/mol. The molecule has 1 N–H and O–H groups in total. The zero-order valence-corrected chi connectivity index (χ0v) is 14.1. The summed E-state index contributed by atoms with van der Waals surface area (Å²) < 4.78 is 31.3. The predicted octanol–water partition coefficient (Wildman–Crippen LogP) is 1.50. The SMILES string of the molecule is CNC1CCN(S(=O)(=O)c2ccc(C(=O)OC)cc2Cl)CC1. The molecule has 1 aromatic rings. The molecule has 0 aliphatic carbocycles. The van der Waals surface area contributed by atoms with E-state index in [9.17, 15) is 13.2 Å². The molecule has 22 heavy (non-hydrogen) atoms. The number of methoxy groups -OCH3 is 1. The van der Waals surface area contributed by atoms with Gasteiger partial charge in [-0.15, -0.1) is 0 Å². The molecular formula is C14H19ClN2O4S. The van der Waals surface area contributed by atoms with Gasteiger partial charge in [-0.2, -0.15) is 4.31 Å². The maximum atomic E-state index is 12.7. The Kier molecular flexibility index (Phi) is 5.44. The van der Waals surface area contributed by atoms with Crippen molar-refractivity contribution in [1.29, 1.82) is 0 Å². The van der Waals surface area contributed by atoms with Crippen molar-refractivity contribution in [2.75, 3.05) is 27.2 Å². The van der Waals surface area contributed by atoms with E-state index in [1.165, 1.54) is 29.6 Å². The minimum Gasteiger partial charge on any atom is -0.465 e. The van der Waals surface area contributed by atoms with E-state index in [2.05, 4.69) is 10.1 Å². The van der Waals surface area contributed by atoms with E-state index in [-0.39, 0.29) is 15.5 Å². The van der Waals surface area contributed by atoms with E-state index in [0.29, 0.717) is 19.1 Å². The number of benzene rings is 1. The highest BCUT2D eigenvalue weighted by Crippen LogP contribution is 2.28. The highest BCUT2D eigenvalue weighted by atomic mass is 35.5. The zero-order valence-electron chi connectivity index (χ0n) is 12.5. The second-order valence-corrected chi connectivity index (χ2v) is 7.42. The largest absolute Gasteiger partial charge is 0.465 e. The first-order valence-electron chi connectivity index (χ1n) is 6.95. The van der Waals surface area contributed by atoms with Crippen molar-refractivity contribution in [1.82, 2.24) is 9.62 Å².